The molecule has 1 rings (SSSR count). The lowest BCUT2D eigenvalue weighted by molar-refractivity contribution is 0.0594. The highest BCUT2D eigenvalue weighted by Gasteiger charge is 2.27. The molecule has 5 heteroatoms. The molecule has 1 N–H and O–H groups in total. The summed E-state index contributed by atoms with van der Waals surface area (Å²) in [5.74, 6) is -0.853. The number of hydrogen-bond acceptors (Lipinski definition) is 4. The monoisotopic (exact) mass is 292 g/mol. The van der Waals surface area contributed by atoms with E-state index in [1.165, 1.54) is 13.2 Å². The molecule has 0 spiro atoms. The number of amides is 1. The molecule has 0 radical (unpaired) electrons. The van der Waals surface area contributed by atoms with E-state index in [0.717, 1.165) is 6.42 Å². The molecule has 1 aromatic rings. The van der Waals surface area contributed by atoms with Crippen LogP contribution in [0.1, 0.15) is 62.0 Å². The van der Waals surface area contributed by atoms with Crippen LogP contribution in [0, 0.1) is 5.41 Å². The van der Waals surface area contributed by atoms with Crippen LogP contribution in [-0.4, -0.2) is 29.5 Å². The van der Waals surface area contributed by atoms with E-state index in [4.69, 9.17) is 0 Å². The van der Waals surface area contributed by atoms with Crippen LogP contribution in [-0.2, 0) is 4.74 Å². The maximum absolute atomic E-state index is 12.3. The molecule has 0 aromatic carbocycles. The van der Waals surface area contributed by atoms with Gasteiger partial charge in [-0.1, -0.05) is 26.8 Å². The van der Waals surface area contributed by atoms with Crippen molar-refractivity contribution in [2.75, 3.05) is 7.11 Å². The minimum Gasteiger partial charge on any atom is -0.464 e. The van der Waals surface area contributed by atoms with Crippen LogP contribution < -0.4 is 5.32 Å². The number of hydrogen-bond donors (Lipinski definition) is 1. The first-order valence-electron chi connectivity index (χ1n) is 6.92. The summed E-state index contributed by atoms with van der Waals surface area (Å²) in [6, 6.07) is 4.71. The molecule has 0 fully saturated rings. The number of nitrogens with zero attached hydrogens (tertiary/aromatic N) is 1. The fraction of sp³-hybridized carbons (Fsp3) is 0.562. The van der Waals surface area contributed by atoms with Crippen LogP contribution >= 0.6 is 0 Å². The number of rotatable bonds is 4. The Morgan fingerprint density at radius 1 is 1.14 bits per heavy atom. The molecule has 0 bridgehead atoms. The van der Waals surface area contributed by atoms with Gasteiger partial charge in [0.15, 0.2) is 0 Å². The molecule has 21 heavy (non-hydrogen) atoms. The zero-order valence-corrected chi connectivity index (χ0v) is 13.6. The molecule has 0 saturated heterocycles. The van der Waals surface area contributed by atoms with E-state index in [1.54, 1.807) is 12.1 Å². The Hall–Kier alpha value is -1.91. The highest BCUT2D eigenvalue weighted by molar-refractivity contribution is 5.94. The molecule has 0 atom stereocenters. The molecule has 0 aliphatic heterocycles. The smallest absolute Gasteiger partial charge is 0.356 e. The van der Waals surface area contributed by atoms with E-state index in [1.807, 2.05) is 13.8 Å². The van der Waals surface area contributed by atoms with Crippen molar-refractivity contribution in [3.8, 4) is 0 Å². The Kier molecular flexibility index (Phi) is 5.10. The van der Waals surface area contributed by atoms with Gasteiger partial charge in [-0.3, -0.25) is 4.79 Å². The zero-order valence-electron chi connectivity index (χ0n) is 13.6. The summed E-state index contributed by atoms with van der Waals surface area (Å²) in [5.41, 5.74) is 0.0646. The average Bonchev–Trinajstić information content (AvgIpc) is 2.34. The molecule has 0 aliphatic rings. The first kappa shape index (κ1) is 17.1. The van der Waals surface area contributed by atoms with Gasteiger partial charge in [0.2, 0.25) is 0 Å². The predicted molar refractivity (Wildman–Crippen MR) is 81.2 cm³/mol. The van der Waals surface area contributed by atoms with E-state index in [-0.39, 0.29) is 28.2 Å². The largest absolute Gasteiger partial charge is 0.464 e. The molecular weight excluding hydrogens is 268 g/mol. The summed E-state index contributed by atoms with van der Waals surface area (Å²) in [6.07, 6.45) is 0.822. The Morgan fingerprint density at radius 2 is 1.71 bits per heavy atom. The lowest BCUT2D eigenvalue weighted by Crippen LogP contribution is -2.46. The molecule has 5 nitrogen and oxygen atoms in total. The Morgan fingerprint density at radius 3 is 2.24 bits per heavy atom. The third-order valence-electron chi connectivity index (χ3n) is 2.80. The fourth-order valence-corrected chi connectivity index (χ4v) is 2.52. The van der Waals surface area contributed by atoms with Gasteiger partial charge in [-0.05, 0) is 37.8 Å². The van der Waals surface area contributed by atoms with E-state index in [9.17, 15) is 9.59 Å². The van der Waals surface area contributed by atoms with Crippen LogP contribution in [0.15, 0.2) is 18.2 Å². The van der Waals surface area contributed by atoms with Gasteiger partial charge < -0.3 is 10.1 Å². The number of pyridine rings is 1. The van der Waals surface area contributed by atoms with Crippen molar-refractivity contribution in [3.63, 3.8) is 0 Å². The van der Waals surface area contributed by atoms with Gasteiger partial charge in [0, 0.05) is 5.54 Å². The van der Waals surface area contributed by atoms with Crippen LogP contribution in [0.25, 0.3) is 0 Å². The predicted octanol–water partition coefficient (Wildman–Crippen LogP) is 2.81. The van der Waals surface area contributed by atoms with Gasteiger partial charge in [0.1, 0.15) is 11.4 Å². The van der Waals surface area contributed by atoms with Gasteiger partial charge in [-0.25, -0.2) is 9.78 Å². The summed E-state index contributed by atoms with van der Waals surface area (Å²) in [7, 11) is 1.28. The third kappa shape index (κ3) is 5.53. The second kappa shape index (κ2) is 6.24. The standard InChI is InChI=1S/C16H24N2O3/c1-15(2,3)10-16(4,5)18-13(19)11-8-7-9-12(17-11)14(20)21-6/h7-9H,10H2,1-6H3,(H,18,19). The van der Waals surface area contributed by atoms with Crippen molar-refractivity contribution in [2.24, 2.45) is 5.41 Å². The third-order valence-corrected chi connectivity index (χ3v) is 2.80. The summed E-state index contributed by atoms with van der Waals surface area (Å²) < 4.78 is 4.60. The SMILES string of the molecule is COC(=O)c1cccc(C(=O)NC(C)(C)CC(C)(C)C)n1. The van der Waals surface area contributed by atoms with Crippen LogP contribution in [0.5, 0.6) is 0 Å². The lowest BCUT2D eigenvalue weighted by atomic mass is 9.82. The maximum atomic E-state index is 12.3. The van der Waals surface area contributed by atoms with Crippen molar-refractivity contribution in [3.05, 3.63) is 29.6 Å². The topological polar surface area (TPSA) is 68.3 Å². The Labute approximate surface area is 126 Å². The van der Waals surface area contributed by atoms with Crippen LogP contribution in [0.3, 0.4) is 0 Å². The quantitative estimate of drug-likeness (QED) is 0.866. The number of carbonyl (C=O) groups excluding carboxylic acids is 2. The number of aromatic nitrogens is 1. The van der Waals surface area contributed by atoms with Crippen molar-refractivity contribution in [1.82, 2.24) is 10.3 Å². The molecule has 1 amide bonds. The van der Waals surface area contributed by atoms with Gasteiger partial charge >= 0.3 is 5.97 Å². The van der Waals surface area contributed by atoms with Crippen molar-refractivity contribution >= 4 is 11.9 Å². The summed E-state index contributed by atoms with van der Waals surface area (Å²) in [6.45, 7) is 10.3. The van der Waals surface area contributed by atoms with E-state index >= 15 is 0 Å². The molecule has 0 aliphatic carbocycles. The minimum atomic E-state index is -0.557. The summed E-state index contributed by atoms with van der Waals surface area (Å²) in [4.78, 5) is 27.8. The highest BCUT2D eigenvalue weighted by atomic mass is 16.5. The molecular formula is C16H24N2O3. The summed E-state index contributed by atoms with van der Waals surface area (Å²) in [5, 5.41) is 2.96. The fourth-order valence-electron chi connectivity index (χ4n) is 2.52. The Bertz CT molecular complexity index is 531. The number of methoxy groups -OCH3 is 1. The molecule has 0 saturated carbocycles. The normalized spacial score (nSPS) is 11.9. The zero-order chi connectivity index (χ0) is 16.3. The molecule has 0 unspecified atom stereocenters. The number of nitrogens with one attached hydrogen (secondary N) is 1. The number of carbonyl (C=O) groups is 2. The highest BCUT2D eigenvalue weighted by Crippen LogP contribution is 2.26. The number of ether oxygens (including phenoxy) is 1. The lowest BCUT2D eigenvalue weighted by Gasteiger charge is -2.33. The van der Waals surface area contributed by atoms with Gasteiger partial charge in [0.25, 0.3) is 5.91 Å². The van der Waals surface area contributed by atoms with Gasteiger partial charge in [-0.15, -0.1) is 0 Å². The van der Waals surface area contributed by atoms with E-state index < -0.39 is 5.97 Å². The van der Waals surface area contributed by atoms with Gasteiger partial charge in [-0.2, -0.15) is 0 Å². The first-order chi connectivity index (χ1) is 9.54. The van der Waals surface area contributed by atoms with Crippen molar-refractivity contribution in [1.29, 1.82) is 0 Å². The molecule has 1 aromatic heterocycles. The maximum Gasteiger partial charge on any atom is 0.356 e. The second-order valence-electron chi connectivity index (χ2n) is 6.98. The Balaban J connectivity index is 2.87. The molecule has 116 valence electrons. The first-order valence-corrected chi connectivity index (χ1v) is 6.92. The second-order valence-corrected chi connectivity index (χ2v) is 6.98. The van der Waals surface area contributed by atoms with Crippen LogP contribution in [0.4, 0.5) is 0 Å². The average molecular weight is 292 g/mol. The van der Waals surface area contributed by atoms with E-state index in [2.05, 4.69) is 35.8 Å². The van der Waals surface area contributed by atoms with Crippen LogP contribution in [0.2, 0.25) is 0 Å². The van der Waals surface area contributed by atoms with Crippen molar-refractivity contribution < 1.29 is 14.3 Å². The minimum absolute atomic E-state index is 0.0953. The van der Waals surface area contributed by atoms with Crippen molar-refractivity contribution in [2.45, 2.75) is 46.6 Å². The number of esters is 1. The van der Waals surface area contributed by atoms with E-state index in [0.29, 0.717) is 0 Å². The summed E-state index contributed by atoms with van der Waals surface area (Å²) >= 11 is 0. The molecule has 1 heterocycles. The van der Waals surface area contributed by atoms with Gasteiger partial charge in [0.05, 0.1) is 7.11 Å².